The second kappa shape index (κ2) is 7.93. The molecule has 0 aliphatic heterocycles. The van der Waals surface area contributed by atoms with Crippen molar-refractivity contribution in [3.8, 4) is 0 Å². The minimum atomic E-state index is -3.54. The van der Waals surface area contributed by atoms with Crippen LogP contribution in [0, 0.1) is 0 Å². The fourth-order valence-corrected chi connectivity index (χ4v) is 1.99. The molecule has 0 aliphatic carbocycles. The van der Waals surface area contributed by atoms with Crippen LogP contribution in [0.1, 0.15) is 58.5 Å². The van der Waals surface area contributed by atoms with Gasteiger partial charge in [0.15, 0.2) is 5.69 Å². The lowest BCUT2D eigenvalue weighted by atomic mass is 10.2. The van der Waals surface area contributed by atoms with Crippen LogP contribution in [-0.4, -0.2) is 30.4 Å². The molecule has 0 spiro atoms. The van der Waals surface area contributed by atoms with Crippen molar-refractivity contribution in [1.29, 1.82) is 0 Å². The summed E-state index contributed by atoms with van der Waals surface area (Å²) < 4.78 is 25.4. The molecule has 6 nitrogen and oxygen atoms in total. The zero-order valence-corrected chi connectivity index (χ0v) is 13.0. The molecule has 0 aliphatic rings. The van der Waals surface area contributed by atoms with Gasteiger partial charge < -0.3 is 0 Å². The number of aromatic nitrogens is 2. The molecule has 0 saturated heterocycles. The highest BCUT2D eigenvalue weighted by Gasteiger charge is 2.15. The van der Waals surface area contributed by atoms with E-state index in [2.05, 4.69) is 5.10 Å². The number of carbonyl (C=O) groups excluding carboxylic acids is 1. The monoisotopic (exact) mass is 291 g/mol. The largest absolute Gasteiger partial charge is 0.285 e. The average Bonchev–Trinajstić information content (AvgIpc) is 2.81. The van der Waals surface area contributed by atoms with Crippen molar-refractivity contribution in [2.45, 2.75) is 46.6 Å². The summed E-state index contributed by atoms with van der Waals surface area (Å²) in [6.45, 7) is 8.07. The van der Waals surface area contributed by atoms with Gasteiger partial charge in [-0.25, -0.2) is 13.1 Å². The van der Waals surface area contributed by atoms with E-state index in [9.17, 15) is 13.2 Å². The van der Waals surface area contributed by atoms with Gasteiger partial charge in [0, 0.05) is 7.62 Å². The smallest absolute Gasteiger partial charge is 0.269 e. The van der Waals surface area contributed by atoms with Gasteiger partial charge in [-0.1, -0.05) is 27.7 Å². The normalized spacial score (nSPS) is 10.8. The number of amides is 1. The Bertz CT molecular complexity index is 496. The molecule has 19 heavy (non-hydrogen) atoms. The van der Waals surface area contributed by atoms with Crippen LogP contribution >= 0.6 is 0 Å². The summed E-state index contributed by atoms with van der Waals surface area (Å²) in [5.41, 5.74) is 0.113. The summed E-state index contributed by atoms with van der Waals surface area (Å²) in [5.74, 6) is -0.697. The fraction of sp³-hybridized carbons (Fsp3) is 0.667. The molecule has 0 radical (unpaired) electrons. The van der Waals surface area contributed by atoms with Crippen molar-refractivity contribution in [2.24, 2.45) is 0 Å². The third kappa shape index (κ3) is 5.87. The van der Waals surface area contributed by atoms with E-state index in [1.807, 2.05) is 32.4 Å². The van der Waals surface area contributed by atoms with Crippen LogP contribution in [0.25, 0.3) is 0 Å². The maximum absolute atomic E-state index is 11.5. The Balaban J connectivity index is 0. The summed E-state index contributed by atoms with van der Waals surface area (Å²) in [6.07, 6.45) is 4.44. The minimum absolute atomic E-state index is 0. The predicted octanol–water partition coefficient (Wildman–Crippen LogP) is 2.21. The summed E-state index contributed by atoms with van der Waals surface area (Å²) >= 11 is 0. The summed E-state index contributed by atoms with van der Waals surface area (Å²) in [6, 6.07) is 1.74. The maximum Gasteiger partial charge on any atom is 0.285 e. The molecule has 112 valence electrons. The van der Waals surface area contributed by atoms with Gasteiger partial charge in [-0.05, 0) is 18.9 Å². The van der Waals surface area contributed by atoms with Crippen LogP contribution in [0.3, 0.4) is 0 Å². The Morgan fingerprint density at radius 3 is 2.37 bits per heavy atom. The first-order chi connectivity index (χ1) is 8.87. The molecule has 1 rings (SSSR count). The van der Waals surface area contributed by atoms with Crippen LogP contribution in [0.4, 0.5) is 0 Å². The summed E-state index contributed by atoms with van der Waals surface area (Å²) in [5, 5.41) is 4.08. The number of hydrogen-bond donors (Lipinski definition) is 1. The Morgan fingerprint density at radius 2 is 1.95 bits per heavy atom. The van der Waals surface area contributed by atoms with Gasteiger partial charge in [-0.2, -0.15) is 5.10 Å². The molecule has 0 saturated carbocycles. The van der Waals surface area contributed by atoms with Gasteiger partial charge in [-0.15, -0.1) is 0 Å². The predicted molar refractivity (Wildman–Crippen MR) is 77.6 cm³/mol. The topological polar surface area (TPSA) is 81.1 Å². The van der Waals surface area contributed by atoms with Crippen LogP contribution in [0.2, 0.25) is 0 Å². The number of nitrogens with one attached hydrogen (secondary N) is 1. The van der Waals surface area contributed by atoms with E-state index < -0.39 is 15.9 Å². The van der Waals surface area contributed by atoms with Crippen LogP contribution in [0.5, 0.6) is 0 Å². The first kappa shape index (κ1) is 17.6. The maximum atomic E-state index is 11.5. The zero-order valence-electron chi connectivity index (χ0n) is 12.2. The molecule has 1 aromatic rings. The molecule has 0 unspecified atom stereocenters. The van der Waals surface area contributed by atoms with Crippen molar-refractivity contribution >= 4 is 15.9 Å². The number of rotatable bonds is 5. The second-order valence-electron chi connectivity index (χ2n) is 3.85. The number of nitrogens with zero attached hydrogens (tertiary/aromatic N) is 2. The molecule has 1 aromatic heterocycles. The number of sulfonamides is 1. The lowest BCUT2D eigenvalue weighted by Crippen LogP contribution is -2.29. The lowest BCUT2D eigenvalue weighted by Gasteiger charge is -2.12. The van der Waals surface area contributed by atoms with Gasteiger partial charge in [0.1, 0.15) is 0 Å². The highest BCUT2D eigenvalue weighted by atomic mass is 32.2. The molecular weight excluding hydrogens is 266 g/mol. The van der Waals surface area contributed by atoms with Crippen molar-refractivity contribution < 1.29 is 14.6 Å². The Labute approximate surface area is 116 Å². The molecule has 0 atom stereocenters. The average molecular weight is 291 g/mol. The van der Waals surface area contributed by atoms with Crippen LogP contribution in [0.15, 0.2) is 12.3 Å². The first-order valence-electron chi connectivity index (χ1n) is 6.44. The Hall–Kier alpha value is -1.37. The van der Waals surface area contributed by atoms with Gasteiger partial charge in [0.2, 0.25) is 10.0 Å². The van der Waals surface area contributed by atoms with Gasteiger partial charge in [0.25, 0.3) is 5.91 Å². The molecular formula is C12H25N3O3S. The number of hydrogen-bond acceptors (Lipinski definition) is 4. The Morgan fingerprint density at radius 1 is 1.42 bits per heavy atom. The van der Waals surface area contributed by atoms with E-state index in [4.69, 9.17) is 0 Å². The van der Waals surface area contributed by atoms with Crippen molar-refractivity contribution in [3.63, 3.8) is 0 Å². The van der Waals surface area contributed by atoms with E-state index in [-0.39, 0.29) is 13.2 Å². The van der Waals surface area contributed by atoms with E-state index in [1.54, 1.807) is 10.9 Å². The fourth-order valence-electron chi connectivity index (χ4n) is 1.55. The zero-order chi connectivity index (χ0) is 15.1. The quantitative estimate of drug-likeness (QED) is 0.901. The molecule has 7 heteroatoms. The van der Waals surface area contributed by atoms with Gasteiger partial charge in [-0.3, -0.25) is 9.48 Å². The minimum Gasteiger partial charge on any atom is -0.269 e. The van der Waals surface area contributed by atoms with E-state index in [0.717, 1.165) is 19.1 Å². The standard InChI is InChI=1S/C10H17N3O3S.C2H6.H2/c1-4-8(5-2)13-7-6-9(11-13)10(14)12-17(3,15)16;1-2;/h6-8H,4-5H2,1-3H3,(H,12,14);1-2H3;1H. The highest BCUT2D eigenvalue weighted by molar-refractivity contribution is 7.89. The highest BCUT2D eigenvalue weighted by Crippen LogP contribution is 2.14. The first-order valence-corrected chi connectivity index (χ1v) is 8.33. The third-order valence-electron chi connectivity index (χ3n) is 2.44. The van der Waals surface area contributed by atoms with Crippen LogP contribution < -0.4 is 4.72 Å². The molecule has 1 N–H and O–H groups in total. The van der Waals surface area contributed by atoms with Crippen molar-refractivity contribution in [3.05, 3.63) is 18.0 Å². The van der Waals surface area contributed by atoms with E-state index in [1.165, 1.54) is 6.07 Å². The second-order valence-corrected chi connectivity index (χ2v) is 5.60. The molecule has 0 bridgehead atoms. The lowest BCUT2D eigenvalue weighted by molar-refractivity contribution is 0.0975. The number of carbonyl (C=O) groups is 1. The summed E-state index contributed by atoms with van der Waals surface area (Å²) in [7, 11) is -3.54. The molecule has 1 amide bonds. The molecule has 1 heterocycles. The third-order valence-corrected chi connectivity index (χ3v) is 2.99. The summed E-state index contributed by atoms with van der Waals surface area (Å²) in [4.78, 5) is 11.5. The van der Waals surface area contributed by atoms with Crippen molar-refractivity contribution in [2.75, 3.05) is 6.26 Å². The van der Waals surface area contributed by atoms with Gasteiger partial charge >= 0.3 is 0 Å². The Kier molecular flexibility index (Phi) is 7.36. The van der Waals surface area contributed by atoms with Crippen molar-refractivity contribution in [1.82, 2.24) is 14.5 Å². The molecule has 0 aromatic carbocycles. The van der Waals surface area contributed by atoms with E-state index >= 15 is 0 Å². The van der Waals surface area contributed by atoms with Crippen LogP contribution in [-0.2, 0) is 10.0 Å². The SMILES string of the molecule is CC.CCC(CC)n1ccc(C(=O)NS(C)(=O)=O)n1.[HH]. The van der Waals surface area contributed by atoms with E-state index in [0.29, 0.717) is 0 Å². The molecule has 0 fully saturated rings. The van der Waals surface area contributed by atoms with Gasteiger partial charge in [0.05, 0.1) is 12.3 Å².